The molecule has 0 saturated heterocycles. The Labute approximate surface area is 218 Å². The van der Waals surface area contributed by atoms with Crippen LogP contribution in [-0.2, 0) is 4.79 Å². The molecule has 7 heteroatoms. The smallest absolute Gasteiger partial charge is 0.255 e. The summed E-state index contributed by atoms with van der Waals surface area (Å²) in [6, 6.07) is 22.9. The van der Waals surface area contributed by atoms with Gasteiger partial charge in [0.1, 0.15) is 0 Å². The Morgan fingerprint density at radius 1 is 0.895 bits per heavy atom. The van der Waals surface area contributed by atoms with E-state index in [4.69, 9.17) is 0 Å². The van der Waals surface area contributed by atoms with Crippen molar-refractivity contribution in [2.75, 3.05) is 10.6 Å². The maximum absolute atomic E-state index is 13.3. The lowest BCUT2D eigenvalue weighted by atomic mass is 10.1. The Hall–Kier alpha value is -5.30. The Balaban J connectivity index is 1.52. The van der Waals surface area contributed by atoms with E-state index in [-0.39, 0.29) is 11.5 Å². The van der Waals surface area contributed by atoms with Crippen molar-refractivity contribution in [3.8, 4) is 5.69 Å². The zero-order valence-electron chi connectivity index (χ0n) is 20.6. The predicted molar refractivity (Wildman–Crippen MR) is 153 cm³/mol. The summed E-state index contributed by atoms with van der Waals surface area (Å²) in [7, 11) is 0. The molecule has 6 aromatic rings. The lowest BCUT2D eigenvalue weighted by Gasteiger charge is -2.16. The van der Waals surface area contributed by atoms with Crippen LogP contribution in [0.4, 0.5) is 17.1 Å². The van der Waals surface area contributed by atoms with Gasteiger partial charge in [-0.2, -0.15) is 0 Å². The number of benzene rings is 3. The summed E-state index contributed by atoms with van der Waals surface area (Å²) < 4.78 is 1.66. The fraction of sp³-hybridized carbons (Fsp3) is 0.0323. The van der Waals surface area contributed by atoms with Crippen molar-refractivity contribution in [1.82, 2.24) is 14.5 Å². The highest BCUT2D eigenvalue weighted by Gasteiger charge is 2.13. The van der Waals surface area contributed by atoms with Crippen LogP contribution in [0.15, 0.2) is 109 Å². The summed E-state index contributed by atoms with van der Waals surface area (Å²) >= 11 is 0. The average molecular weight is 498 g/mol. The van der Waals surface area contributed by atoms with Crippen LogP contribution >= 0.6 is 0 Å². The molecule has 0 unspecified atom stereocenters. The summed E-state index contributed by atoms with van der Waals surface area (Å²) in [5, 5.41) is 10.1. The van der Waals surface area contributed by atoms with E-state index in [0.717, 1.165) is 49.5 Å². The number of nitrogens with zero attached hydrogens (tertiary/aromatic N) is 3. The summed E-state index contributed by atoms with van der Waals surface area (Å²) in [6.45, 7) is 5.42. The number of carbonyl (C=O) groups is 1. The molecule has 3 aromatic heterocycles. The maximum Gasteiger partial charge on any atom is 0.255 e. The highest BCUT2D eigenvalue weighted by atomic mass is 16.1. The number of aromatic nitrogens is 3. The second-order valence-corrected chi connectivity index (χ2v) is 9.06. The number of amides is 1. The molecule has 0 aliphatic heterocycles. The number of anilines is 3. The Kier molecular flexibility index (Phi) is 5.65. The van der Waals surface area contributed by atoms with Crippen LogP contribution in [0.25, 0.3) is 38.3 Å². The molecule has 3 heterocycles. The molecule has 2 N–H and O–H groups in total. The Morgan fingerprint density at radius 3 is 2.58 bits per heavy atom. The van der Waals surface area contributed by atoms with Crippen LogP contribution in [0.5, 0.6) is 0 Å². The number of carbonyl (C=O) groups excluding carboxylic acids is 1. The number of fused-ring (bicyclic) bond motifs is 4. The highest BCUT2D eigenvalue weighted by Crippen LogP contribution is 2.30. The van der Waals surface area contributed by atoms with Gasteiger partial charge in [0.2, 0.25) is 5.91 Å². The third-order valence-corrected chi connectivity index (χ3v) is 6.57. The number of hydrogen-bond donors (Lipinski definition) is 2. The van der Waals surface area contributed by atoms with Crippen molar-refractivity contribution in [2.24, 2.45) is 0 Å². The van der Waals surface area contributed by atoms with Gasteiger partial charge in [-0.15, -0.1) is 0 Å². The van der Waals surface area contributed by atoms with Crippen molar-refractivity contribution in [3.05, 3.63) is 120 Å². The first-order valence-corrected chi connectivity index (χ1v) is 12.1. The van der Waals surface area contributed by atoms with Gasteiger partial charge in [-0.3, -0.25) is 24.1 Å². The van der Waals surface area contributed by atoms with Gasteiger partial charge in [0.15, 0.2) is 0 Å². The number of nitrogens with one attached hydrogen (secondary N) is 2. The normalized spacial score (nSPS) is 11.1. The van der Waals surface area contributed by atoms with Crippen molar-refractivity contribution in [1.29, 1.82) is 0 Å². The van der Waals surface area contributed by atoms with Crippen molar-refractivity contribution in [3.63, 3.8) is 0 Å². The van der Waals surface area contributed by atoms with E-state index in [2.05, 4.69) is 33.2 Å². The molecule has 0 bridgehead atoms. The lowest BCUT2D eigenvalue weighted by Crippen LogP contribution is -2.18. The number of pyridine rings is 3. The van der Waals surface area contributed by atoms with Crippen LogP contribution in [-0.4, -0.2) is 20.4 Å². The van der Waals surface area contributed by atoms with E-state index < -0.39 is 0 Å². The van der Waals surface area contributed by atoms with Gasteiger partial charge in [-0.25, -0.2) is 0 Å². The molecule has 1 amide bonds. The molecule has 0 fully saturated rings. The van der Waals surface area contributed by atoms with Crippen LogP contribution in [0.1, 0.15) is 5.56 Å². The summed E-state index contributed by atoms with van der Waals surface area (Å²) in [4.78, 5) is 34.1. The molecule has 0 saturated carbocycles. The molecule has 6 rings (SSSR count). The van der Waals surface area contributed by atoms with Gasteiger partial charge in [-0.05, 0) is 78.5 Å². The molecule has 7 nitrogen and oxygen atoms in total. The second-order valence-electron chi connectivity index (χ2n) is 9.06. The molecule has 0 spiro atoms. The Bertz CT molecular complexity index is 1960. The number of rotatable bonds is 5. The second kappa shape index (κ2) is 9.29. The topological polar surface area (TPSA) is 88.9 Å². The largest absolute Gasteiger partial charge is 0.355 e. The van der Waals surface area contributed by atoms with E-state index in [9.17, 15) is 9.59 Å². The minimum atomic E-state index is -0.314. The standard InChI is InChI=1S/C31H23N5O2/c1-3-29(37)35-28-16-25(9-4-19(28)2)36-30(38)11-6-22-18-33-27-10-8-24(15-26(27)31(22)36)34-23-7-5-21-17-32-13-12-20(21)14-23/h3-18,34H,1H2,2H3,(H,35,37). The van der Waals surface area contributed by atoms with Crippen LogP contribution in [0, 0.1) is 6.92 Å². The Morgan fingerprint density at radius 2 is 1.71 bits per heavy atom. The van der Waals surface area contributed by atoms with Crippen molar-refractivity contribution < 1.29 is 4.79 Å². The van der Waals surface area contributed by atoms with Gasteiger partial charge < -0.3 is 10.6 Å². The molecule has 184 valence electrons. The zero-order chi connectivity index (χ0) is 26.2. The SMILES string of the molecule is C=CC(=O)Nc1cc(-n2c(=O)ccc3cnc4ccc(Nc5ccc6cnccc6c5)cc4c32)ccc1C. The molecule has 3 aromatic carbocycles. The van der Waals surface area contributed by atoms with Crippen LogP contribution < -0.4 is 16.2 Å². The maximum atomic E-state index is 13.3. The summed E-state index contributed by atoms with van der Waals surface area (Å²) in [5.41, 5.74) is 5.25. The zero-order valence-corrected chi connectivity index (χ0v) is 20.6. The van der Waals surface area contributed by atoms with Gasteiger partial charge in [0.25, 0.3) is 5.56 Å². The first kappa shape index (κ1) is 23.1. The van der Waals surface area contributed by atoms with Crippen LogP contribution in [0.2, 0.25) is 0 Å². The molecular formula is C31H23N5O2. The quantitative estimate of drug-likeness (QED) is 0.217. The van der Waals surface area contributed by atoms with Crippen LogP contribution in [0.3, 0.4) is 0 Å². The van der Waals surface area contributed by atoms with E-state index in [1.807, 2.05) is 61.7 Å². The van der Waals surface area contributed by atoms with E-state index in [0.29, 0.717) is 11.4 Å². The molecule has 0 aliphatic rings. The van der Waals surface area contributed by atoms with Gasteiger partial charge in [0, 0.05) is 57.9 Å². The van der Waals surface area contributed by atoms with Gasteiger partial charge in [-0.1, -0.05) is 18.7 Å². The monoisotopic (exact) mass is 497 g/mol. The van der Waals surface area contributed by atoms with E-state index in [1.165, 1.54) is 12.1 Å². The average Bonchev–Trinajstić information content (AvgIpc) is 2.94. The molecular weight excluding hydrogens is 474 g/mol. The molecule has 0 atom stereocenters. The molecule has 38 heavy (non-hydrogen) atoms. The molecule has 0 radical (unpaired) electrons. The number of aryl methyl sites for hydroxylation is 1. The number of hydrogen-bond acceptors (Lipinski definition) is 5. The van der Waals surface area contributed by atoms with Crippen molar-refractivity contribution >= 4 is 55.5 Å². The lowest BCUT2D eigenvalue weighted by molar-refractivity contribution is -0.111. The first-order valence-electron chi connectivity index (χ1n) is 12.1. The van der Waals surface area contributed by atoms with E-state index >= 15 is 0 Å². The van der Waals surface area contributed by atoms with E-state index in [1.54, 1.807) is 29.1 Å². The fourth-order valence-electron chi connectivity index (χ4n) is 4.64. The summed E-state index contributed by atoms with van der Waals surface area (Å²) in [6.07, 6.45) is 6.60. The third kappa shape index (κ3) is 4.16. The minimum Gasteiger partial charge on any atom is -0.355 e. The molecule has 0 aliphatic carbocycles. The minimum absolute atomic E-state index is 0.184. The van der Waals surface area contributed by atoms with Gasteiger partial charge in [0.05, 0.1) is 16.7 Å². The summed E-state index contributed by atoms with van der Waals surface area (Å²) in [5.74, 6) is -0.314. The highest BCUT2D eigenvalue weighted by molar-refractivity contribution is 6.05. The fourth-order valence-corrected chi connectivity index (χ4v) is 4.64. The van der Waals surface area contributed by atoms with Crippen molar-refractivity contribution in [2.45, 2.75) is 6.92 Å². The van der Waals surface area contributed by atoms with Gasteiger partial charge >= 0.3 is 0 Å². The first-order chi connectivity index (χ1) is 18.5. The predicted octanol–water partition coefficient (Wildman–Crippen LogP) is 6.26. The third-order valence-electron chi connectivity index (χ3n) is 6.57.